The molecule has 2 amide bonds. The minimum Gasteiger partial charge on any atom is -0.497 e. The number of ether oxygens (including phenoxy) is 2. The monoisotopic (exact) mass is 394 g/mol. The van der Waals surface area contributed by atoms with E-state index in [-0.39, 0.29) is 23.3 Å². The highest BCUT2D eigenvalue weighted by Gasteiger charge is 2.40. The fourth-order valence-corrected chi connectivity index (χ4v) is 3.04. The molecule has 0 aromatic heterocycles. The quantitative estimate of drug-likeness (QED) is 0.781. The molecule has 1 atom stereocenters. The number of benzene rings is 2. The van der Waals surface area contributed by atoms with Gasteiger partial charge in [0.25, 0.3) is 5.91 Å². The van der Waals surface area contributed by atoms with Gasteiger partial charge in [0.05, 0.1) is 42.1 Å². The van der Waals surface area contributed by atoms with E-state index in [0.717, 1.165) is 4.90 Å². The molecule has 1 aliphatic rings. The Balaban J connectivity index is 1.84. The van der Waals surface area contributed by atoms with E-state index in [4.69, 9.17) is 32.7 Å². The molecule has 2 aromatic carbocycles. The predicted molar refractivity (Wildman–Crippen MR) is 101 cm³/mol. The number of nitrogens with zero attached hydrogens (tertiary/aromatic N) is 1. The van der Waals surface area contributed by atoms with Crippen LogP contribution in [0.25, 0.3) is 0 Å². The van der Waals surface area contributed by atoms with Gasteiger partial charge in [-0.2, -0.15) is 0 Å². The molecule has 1 fully saturated rings. The normalized spacial score (nSPS) is 16.8. The summed E-state index contributed by atoms with van der Waals surface area (Å²) in [6.45, 7) is 0. The molecule has 0 radical (unpaired) electrons. The lowest BCUT2D eigenvalue weighted by Gasteiger charge is -2.18. The van der Waals surface area contributed by atoms with Gasteiger partial charge in [-0.05, 0) is 30.3 Å². The van der Waals surface area contributed by atoms with Crippen molar-refractivity contribution < 1.29 is 19.1 Å². The lowest BCUT2D eigenvalue weighted by atomic mass is 10.2. The smallest absolute Gasteiger partial charge is 0.256 e. The number of amides is 2. The van der Waals surface area contributed by atoms with Crippen molar-refractivity contribution in [3.05, 3.63) is 46.4 Å². The first-order valence-electron chi connectivity index (χ1n) is 7.75. The highest BCUT2D eigenvalue weighted by atomic mass is 35.5. The van der Waals surface area contributed by atoms with Crippen LogP contribution in [0.5, 0.6) is 11.5 Å². The van der Waals surface area contributed by atoms with Crippen LogP contribution in [0.3, 0.4) is 0 Å². The molecule has 0 bridgehead atoms. The maximum Gasteiger partial charge on any atom is 0.256 e. The second kappa shape index (κ2) is 7.43. The molecule has 0 spiro atoms. The van der Waals surface area contributed by atoms with Crippen molar-refractivity contribution in [1.29, 1.82) is 0 Å². The maximum absolute atomic E-state index is 12.7. The van der Waals surface area contributed by atoms with Gasteiger partial charge in [0.15, 0.2) is 0 Å². The molecule has 2 aromatic rings. The highest BCUT2D eigenvalue weighted by molar-refractivity contribution is 6.42. The number of halogens is 2. The molecular weight excluding hydrogens is 379 g/mol. The van der Waals surface area contributed by atoms with Crippen LogP contribution in [-0.2, 0) is 9.59 Å². The van der Waals surface area contributed by atoms with E-state index in [0.29, 0.717) is 27.9 Å². The summed E-state index contributed by atoms with van der Waals surface area (Å²) in [6, 6.07) is 9.09. The van der Waals surface area contributed by atoms with Gasteiger partial charge in [0, 0.05) is 6.07 Å². The summed E-state index contributed by atoms with van der Waals surface area (Å²) in [5.41, 5.74) is 0.982. The number of nitrogens with one attached hydrogen (secondary N) is 1. The topological polar surface area (TPSA) is 67.9 Å². The molecule has 1 saturated heterocycles. The third-order valence-electron chi connectivity index (χ3n) is 4.05. The zero-order chi connectivity index (χ0) is 18.8. The van der Waals surface area contributed by atoms with Crippen molar-refractivity contribution in [3.8, 4) is 11.5 Å². The van der Waals surface area contributed by atoms with E-state index in [1.807, 2.05) is 0 Å². The van der Waals surface area contributed by atoms with E-state index in [1.165, 1.54) is 13.2 Å². The van der Waals surface area contributed by atoms with Crippen molar-refractivity contribution >= 4 is 46.4 Å². The number of carbonyl (C=O) groups excluding carboxylic acids is 2. The van der Waals surface area contributed by atoms with Crippen LogP contribution in [0.1, 0.15) is 6.42 Å². The SMILES string of the molecule is COc1ccc(NC2CC(=O)N(c3ccc(Cl)c(Cl)c3)C2=O)c(OC)c1. The van der Waals surface area contributed by atoms with Gasteiger partial charge in [0.1, 0.15) is 17.5 Å². The summed E-state index contributed by atoms with van der Waals surface area (Å²) in [5, 5.41) is 3.70. The molecule has 26 heavy (non-hydrogen) atoms. The average Bonchev–Trinajstić information content (AvgIpc) is 2.91. The molecule has 0 aliphatic carbocycles. The maximum atomic E-state index is 12.7. The first-order valence-corrected chi connectivity index (χ1v) is 8.50. The molecule has 1 aliphatic heterocycles. The predicted octanol–water partition coefficient (Wildman–Crippen LogP) is 3.75. The molecule has 0 saturated carbocycles. The number of anilines is 2. The number of carbonyl (C=O) groups is 2. The Morgan fingerprint density at radius 2 is 1.81 bits per heavy atom. The second-order valence-electron chi connectivity index (χ2n) is 5.63. The van der Waals surface area contributed by atoms with Crippen LogP contribution in [0, 0.1) is 0 Å². The first kappa shape index (κ1) is 18.4. The van der Waals surface area contributed by atoms with E-state index >= 15 is 0 Å². The Bertz CT molecular complexity index is 872. The summed E-state index contributed by atoms with van der Waals surface area (Å²) in [7, 11) is 3.07. The fraction of sp³-hybridized carbons (Fsp3) is 0.222. The van der Waals surface area contributed by atoms with Crippen LogP contribution in [0.4, 0.5) is 11.4 Å². The lowest BCUT2D eigenvalue weighted by Crippen LogP contribution is -2.34. The molecule has 6 nitrogen and oxygen atoms in total. The highest BCUT2D eigenvalue weighted by Crippen LogP contribution is 2.33. The fourth-order valence-electron chi connectivity index (χ4n) is 2.75. The van der Waals surface area contributed by atoms with Gasteiger partial charge in [-0.1, -0.05) is 23.2 Å². The number of hydrogen-bond acceptors (Lipinski definition) is 5. The Morgan fingerprint density at radius 3 is 2.46 bits per heavy atom. The first-order chi connectivity index (χ1) is 12.4. The van der Waals surface area contributed by atoms with Crippen molar-refractivity contribution in [2.45, 2.75) is 12.5 Å². The standard InChI is InChI=1S/C18H16Cl2N2O4/c1-25-11-4-6-14(16(8-11)26-2)21-15-9-17(23)22(18(15)24)10-3-5-12(19)13(20)7-10/h3-8,15,21H,9H2,1-2H3. The summed E-state index contributed by atoms with van der Waals surface area (Å²) in [5.74, 6) is 0.445. The van der Waals surface area contributed by atoms with E-state index in [1.54, 1.807) is 37.4 Å². The third-order valence-corrected chi connectivity index (χ3v) is 4.79. The Kier molecular flexibility index (Phi) is 5.25. The van der Waals surface area contributed by atoms with Gasteiger partial charge in [-0.15, -0.1) is 0 Å². The average molecular weight is 395 g/mol. The Morgan fingerprint density at radius 1 is 1.04 bits per heavy atom. The minimum atomic E-state index is -0.709. The van der Waals surface area contributed by atoms with Crippen molar-refractivity contribution in [1.82, 2.24) is 0 Å². The van der Waals surface area contributed by atoms with Crippen LogP contribution >= 0.6 is 23.2 Å². The van der Waals surface area contributed by atoms with Gasteiger partial charge in [-0.25, -0.2) is 4.90 Å². The van der Waals surface area contributed by atoms with Crippen LogP contribution in [-0.4, -0.2) is 32.1 Å². The molecule has 1 heterocycles. The van der Waals surface area contributed by atoms with E-state index in [9.17, 15) is 9.59 Å². The number of rotatable bonds is 5. The van der Waals surface area contributed by atoms with Gasteiger partial charge >= 0.3 is 0 Å². The summed E-state index contributed by atoms with van der Waals surface area (Å²) < 4.78 is 10.5. The Labute approximate surface area is 160 Å². The van der Waals surface area contributed by atoms with Crippen molar-refractivity contribution in [2.24, 2.45) is 0 Å². The van der Waals surface area contributed by atoms with Crippen LogP contribution < -0.4 is 19.7 Å². The molecule has 1 unspecified atom stereocenters. The van der Waals surface area contributed by atoms with E-state index in [2.05, 4.69) is 5.32 Å². The second-order valence-corrected chi connectivity index (χ2v) is 6.45. The molecule has 3 rings (SSSR count). The largest absolute Gasteiger partial charge is 0.497 e. The summed E-state index contributed by atoms with van der Waals surface area (Å²) >= 11 is 11.9. The Hall–Kier alpha value is -2.44. The molecular formula is C18H16Cl2N2O4. The van der Waals surface area contributed by atoms with Crippen molar-refractivity contribution in [3.63, 3.8) is 0 Å². The third kappa shape index (κ3) is 3.43. The number of imide groups is 1. The van der Waals surface area contributed by atoms with Crippen LogP contribution in [0.2, 0.25) is 10.0 Å². The van der Waals surface area contributed by atoms with Crippen molar-refractivity contribution in [2.75, 3.05) is 24.4 Å². The molecule has 136 valence electrons. The summed E-state index contributed by atoms with van der Waals surface area (Å²) in [6.07, 6.45) is 0.0221. The zero-order valence-electron chi connectivity index (χ0n) is 14.1. The van der Waals surface area contributed by atoms with Gasteiger partial charge < -0.3 is 14.8 Å². The molecule has 1 N–H and O–H groups in total. The van der Waals surface area contributed by atoms with Crippen LogP contribution in [0.15, 0.2) is 36.4 Å². The lowest BCUT2D eigenvalue weighted by molar-refractivity contribution is -0.121. The summed E-state index contributed by atoms with van der Waals surface area (Å²) in [4.78, 5) is 26.2. The zero-order valence-corrected chi connectivity index (χ0v) is 15.6. The van der Waals surface area contributed by atoms with E-state index < -0.39 is 6.04 Å². The molecule has 8 heteroatoms. The number of hydrogen-bond donors (Lipinski definition) is 1. The van der Waals surface area contributed by atoms with Gasteiger partial charge in [-0.3, -0.25) is 9.59 Å². The number of methoxy groups -OCH3 is 2. The minimum absolute atomic E-state index is 0.0221. The van der Waals surface area contributed by atoms with Gasteiger partial charge in [0.2, 0.25) is 5.91 Å².